The maximum Gasteiger partial charge on any atom is 0.254 e. The molecule has 0 aliphatic rings. The van der Waals surface area contributed by atoms with Crippen LogP contribution in [0.4, 0.5) is 5.69 Å². The summed E-state index contributed by atoms with van der Waals surface area (Å²) in [6.07, 6.45) is 3.04. The molecule has 20 heavy (non-hydrogen) atoms. The molecular weight excluding hydrogens is 280 g/mol. The van der Waals surface area contributed by atoms with E-state index in [0.717, 1.165) is 0 Å². The van der Waals surface area contributed by atoms with E-state index in [2.05, 4.69) is 20.3 Å². The normalized spacial score (nSPS) is 11.1. The summed E-state index contributed by atoms with van der Waals surface area (Å²) in [5.74, 6) is -0.496. The Bertz CT molecular complexity index is 545. The van der Waals surface area contributed by atoms with Crippen LogP contribution in [-0.2, 0) is 10.0 Å². The van der Waals surface area contributed by atoms with E-state index >= 15 is 0 Å². The molecule has 0 radical (unpaired) electrons. The Morgan fingerprint density at radius 1 is 1.30 bits per heavy atom. The first-order valence-corrected chi connectivity index (χ1v) is 8.08. The van der Waals surface area contributed by atoms with Gasteiger partial charge in [-0.05, 0) is 13.0 Å². The maximum absolute atomic E-state index is 12.0. The lowest BCUT2D eigenvalue weighted by atomic mass is 10.2. The number of nitrogens with zero attached hydrogens (tertiary/aromatic N) is 1. The zero-order valence-electron chi connectivity index (χ0n) is 11.6. The lowest BCUT2D eigenvalue weighted by Crippen LogP contribution is -2.34. The Balaban J connectivity index is 2.60. The Labute approximate surface area is 119 Å². The van der Waals surface area contributed by atoms with Crippen molar-refractivity contribution in [2.24, 2.45) is 0 Å². The molecule has 1 aromatic rings. The lowest BCUT2D eigenvalue weighted by molar-refractivity contribution is 0.0956. The molecule has 1 heterocycles. The molecule has 0 spiro atoms. The number of carbonyl (C=O) groups is 1. The van der Waals surface area contributed by atoms with Crippen molar-refractivity contribution in [3.05, 3.63) is 24.0 Å². The molecule has 1 rings (SSSR count). The van der Waals surface area contributed by atoms with E-state index < -0.39 is 10.0 Å². The second kappa shape index (κ2) is 7.81. The van der Waals surface area contributed by atoms with Crippen LogP contribution in [0.15, 0.2) is 18.5 Å². The molecule has 1 aromatic heterocycles. The molecular formula is C12H20N4O3S. The highest BCUT2D eigenvalue weighted by Crippen LogP contribution is 2.12. The van der Waals surface area contributed by atoms with E-state index in [-0.39, 0.29) is 18.2 Å². The van der Waals surface area contributed by atoms with Crippen LogP contribution in [0.1, 0.15) is 24.2 Å². The SMILES string of the molecule is CCNc1ccncc1C(=O)NCCS(=O)(=O)NCC. The molecule has 0 aliphatic carbocycles. The number of nitrogens with one attached hydrogen (secondary N) is 3. The fraction of sp³-hybridized carbons (Fsp3) is 0.500. The van der Waals surface area contributed by atoms with E-state index in [1.54, 1.807) is 19.2 Å². The first-order valence-electron chi connectivity index (χ1n) is 6.43. The number of sulfonamides is 1. The number of amides is 1. The second-order valence-corrected chi connectivity index (χ2v) is 5.95. The summed E-state index contributed by atoms with van der Waals surface area (Å²) < 4.78 is 25.2. The van der Waals surface area contributed by atoms with Gasteiger partial charge in [0.05, 0.1) is 17.0 Å². The van der Waals surface area contributed by atoms with Gasteiger partial charge < -0.3 is 10.6 Å². The fourth-order valence-corrected chi connectivity index (χ4v) is 2.56. The van der Waals surface area contributed by atoms with Crippen LogP contribution in [0.25, 0.3) is 0 Å². The van der Waals surface area contributed by atoms with E-state index in [4.69, 9.17) is 0 Å². The minimum Gasteiger partial charge on any atom is -0.385 e. The third-order valence-corrected chi connectivity index (χ3v) is 3.92. The summed E-state index contributed by atoms with van der Waals surface area (Å²) in [6.45, 7) is 4.69. The summed E-state index contributed by atoms with van der Waals surface area (Å²) in [7, 11) is -3.33. The third kappa shape index (κ3) is 5.14. The fourth-order valence-electron chi connectivity index (χ4n) is 1.61. The zero-order valence-corrected chi connectivity index (χ0v) is 12.5. The van der Waals surface area contributed by atoms with Gasteiger partial charge in [0, 0.05) is 32.0 Å². The summed E-state index contributed by atoms with van der Waals surface area (Å²) in [4.78, 5) is 15.9. The molecule has 3 N–H and O–H groups in total. The van der Waals surface area contributed by atoms with E-state index in [1.807, 2.05) is 6.92 Å². The van der Waals surface area contributed by atoms with Gasteiger partial charge in [0.15, 0.2) is 0 Å². The van der Waals surface area contributed by atoms with Gasteiger partial charge in [-0.3, -0.25) is 9.78 Å². The van der Waals surface area contributed by atoms with Gasteiger partial charge >= 0.3 is 0 Å². The standard InChI is InChI=1S/C12H20N4O3S/c1-3-14-11-5-6-13-9-10(11)12(17)15-7-8-20(18,19)16-4-2/h5-6,9,16H,3-4,7-8H2,1-2H3,(H,13,14)(H,15,17). The summed E-state index contributed by atoms with van der Waals surface area (Å²) in [5.41, 5.74) is 1.07. The smallest absolute Gasteiger partial charge is 0.254 e. The molecule has 0 aromatic carbocycles. The van der Waals surface area contributed by atoms with Gasteiger partial charge in [0.2, 0.25) is 10.0 Å². The van der Waals surface area contributed by atoms with Crippen molar-refractivity contribution in [2.75, 3.05) is 30.7 Å². The van der Waals surface area contributed by atoms with Gasteiger partial charge in [0.25, 0.3) is 5.91 Å². The maximum atomic E-state index is 12.0. The molecule has 0 unspecified atom stereocenters. The number of aromatic nitrogens is 1. The minimum absolute atomic E-state index is 0.0502. The van der Waals surface area contributed by atoms with Crippen molar-refractivity contribution in [1.29, 1.82) is 0 Å². The van der Waals surface area contributed by atoms with Crippen LogP contribution >= 0.6 is 0 Å². The van der Waals surface area contributed by atoms with Crippen molar-refractivity contribution in [3.63, 3.8) is 0 Å². The first kappa shape index (κ1) is 16.4. The number of anilines is 1. The Morgan fingerprint density at radius 2 is 2.05 bits per heavy atom. The average Bonchev–Trinajstić information content (AvgIpc) is 2.39. The van der Waals surface area contributed by atoms with Crippen molar-refractivity contribution in [1.82, 2.24) is 15.0 Å². The quantitative estimate of drug-likeness (QED) is 0.636. The highest BCUT2D eigenvalue weighted by molar-refractivity contribution is 7.89. The predicted octanol–water partition coefficient (Wildman–Crippen LogP) is 0.183. The van der Waals surface area contributed by atoms with E-state index in [1.165, 1.54) is 6.20 Å². The van der Waals surface area contributed by atoms with Crippen molar-refractivity contribution >= 4 is 21.6 Å². The number of hydrogen-bond donors (Lipinski definition) is 3. The van der Waals surface area contributed by atoms with Crippen LogP contribution < -0.4 is 15.4 Å². The van der Waals surface area contributed by atoms with Gasteiger partial charge in [0.1, 0.15) is 0 Å². The summed E-state index contributed by atoms with van der Waals surface area (Å²) in [6, 6.07) is 1.70. The molecule has 0 aliphatic heterocycles. The lowest BCUT2D eigenvalue weighted by Gasteiger charge is -2.10. The van der Waals surface area contributed by atoms with Crippen LogP contribution in [0.3, 0.4) is 0 Å². The van der Waals surface area contributed by atoms with Crippen LogP contribution in [0.2, 0.25) is 0 Å². The van der Waals surface area contributed by atoms with Crippen molar-refractivity contribution in [2.45, 2.75) is 13.8 Å². The highest BCUT2D eigenvalue weighted by Gasteiger charge is 2.13. The molecule has 0 bridgehead atoms. The Morgan fingerprint density at radius 3 is 2.70 bits per heavy atom. The molecule has 0 fully saturated rings. The zero-order chi connectivity index (χ0) is 15.0. The van der Waals surface area contributed by atoms with Crippen LogP contribution in [-0.4, -0.2) is 44.7 Å². The monoisotopic (exact) mass is 300 g/mol. The number of carbonyl (C=O) groups excluding carboxylic acids is 1. The summed E-state index contributed by atoms with van der Waals surface area (Å²) >= 11 is 0. The van der Waals surface area contributed by atoms with Crippen molar-refractivity contribution in [3.8, 4) is 0 Å². The highest BCUT2D eigenvalue weighted by atomic mass is 32.2. The topological polar surface area (TPSA) is 100 Å². The second-order valence-electron chi connectivity index (χ2n) is 4.02. The Hall–Kier alpha value is -1.67. The van der Waals surface area contributed by atoms with Gasteiger partial charge in [-0.25, -0.2) is 13.1 Å². The van der Waals surface area contributed by atoms with E-state index in [9.17, 15) is 13.2 Å². The first-order chi connectivity index (χ1) is 9.50. The minimum atomic E-state index is -3.33. The number of rotatable bonds is 8. The van der Waals surface area contributed by atoms with Gasteiger partial charge in [-0.2, -0.15) is 0 Å². The predicted molar refractivity (Wildman–Crippen MR) is 78.2 cm³/mol. The van der Waals surface area contributed by atoms with Crippen LogP contribution in [0, 0.1) is 0 Å². The van der Waals surface area contributed by atoms with Crippen LogP contribution in [0.5, 0.6) is 0 Å². The molecule has 0 saturated heterocycles. The summed E-state index contributed by atoms with van der Waals surface area (Å²) in [5, 5.41) is 5.63. The largest absolute Gasteiger partial charge is 0.385 e. The molecule has 0 saturated carbocycles. The Kier molecular flexibility index (Phi) is 6.40. The molecule has 7 nitrogen and oxygen atoms in total. The molecule has 0 atom stereocenters. The molecule has 8 heteroatoms. The average molecular weight is 300 g/mol. The number of pyridine rings is 1. The van der Waals surface area contributed by atoms with Crippen molar-refractivity contribution < 1.29 is 13.2 Å². The van der Waals surface area contributed by atoms with E-state index in [0.29, 0.717) is 24.3 Å². The molecule has 112 valence electrons. The van der Waals surface area contributed by atoms with Gasteiger partial charge in [-0.15, -0.1) is 0 Å². The van der Waals surface area contributed by atoms with Gasteiger partial charge in [-0.1, -0.05) is 6.92 Å². The third-order valence-electron chi connectivity index (χ3n) is 2.45. The molecule has 1 amide bonds. The number of hydrogen-bond acceptors (Lipinski definition) is 5.